The lowest BCUT2D eigenvalue weighted by atomic mass is 10.2. The highest BCUT2D eigenvalue weighted by molar-refractivity contribution is 7.08. The van der Waals surface area contributed by atoms with Crippen LogP contribution in [-0.4, -0.2) is 12.1 Å². The Labute approximate surface area is 102 Å². The first-order valence-electron chi connectivity index (χ1n) is 4.87. The lowest BCUT2D eigenvalue weighted by Crippen LogP contribution is -2.17. The van der Waals surface area contributed by atoms with E-state index in [0.717, 1.165) is 5.56 Å². The van der Waals surface area contributed by atoms with Crippen molar-refractivity contribution in [2.45, 2.75) is 0 Å². The molecule has 0 unspecified atom stereocenters. The smallest absolute Gasteiger partial charge is 0.267 e. The maximum atomic E-state index is 12.6. The summed E-state index contributed by atoms with van der Waals surface area (Å²) in [6.07, 6.45) is 1.55. The molecule has 0 saturated heterocycles. The molecule has 17 heavy (non-hydrogen) atoms. The Hall–Kier alpha value is -2.01. The number of hydrazone groups is 1. The van der Waals surface area contributed by atoms with Gasteiger partial charge in [-0.3, -0.25) is 4.79 Å². The summed E-state index contributed by atoms with van der Waals surface area (Å²) in [5.41, 5.74) is 3.66. The SMILES string of the molecule is O=C(N/N=C\c1ccsc1)c1ccc(F)cc1. The number of amides is 1. The molecule has 3 nitrogen and oxygen atoms in total. The first-order chi connectivity index (χ1) is 8.25. The van der Waals surface area contributed by atoms with Crippen molar-refractivity contribution in [1.29, 1.82) is 0 Å². The van der Waals surface area contributed by atoms with Crippen LogP contribution < -0.4 is 5.43 Å². The van der Waals surface area contributed by atoms with Crippen LogP contribution in [0.4, 0.5) is 4.39 Å². The number of halogens is 1. The van der Waals surface area contributed by atoms with Crippen LogP contribution in [0.15, 0.2) is 46.2 Å². The van der Waals surface area contributed by atoms with E-state index in [1.807, 2.05) is 16.8 Å². The summed E-state index contributed by atoms with van der Waals surface area (Å²) >= 11 is 1.55. The van der Waals surface area contributed by atoms with Gasteiger partial charge in [0.15, 0.2) is 0 Å². The number of hydrogen-bond donors (Lipinski definition) is 1. The minimum Gasteiger partial charge on any atom is -0.267 e. The van der Waals surface area contributed by atoms with Crippen molar-refractivity contribution < 1.29 is 9.18 Å². The van der Waals surface area contributed by atoms with Gasteiger partial charge in [0.05, 0.1) is 6.21 Å². The molecule has 1 amide bonds. The molecule has 0 spiro atoms. The molecule has 86 valence electrons. The van der Waals surface area contributed by atoms with Crippen molar-refractivity contribution >= 4 is 23.5 Å². The van der Waals surface area contributed by atoms with Crippen molar-refractivity contribution in [3.63, 3.8) is 0 Å². The van der Waals surface area contributed by atoms with E-state index in [1.54, 1.807) is 17.6 Å². The summed E-state index contributed by atoms with van der Waals surface area (Å²) < 4.78 is 12.6. The first kappa shape index (κ1) is 11.5. The minimum atomic E-state index is -0.372. The fraction of sp³-hybridized carbons (Fsp3) is 0. The van der Waals surface area contributed by atoms with Gasteiger partial charge in [-0.25, -0.2) is 9.82 Å². The number of thiophene rings is 1. The molecule has 2 aromatic rings. The Bertz CT molecular complexity index is 520. The van der Waals surface area contributed by atoms with Gasteiger partial charge in [-0.05, 0) is 41.1 Å². The van der Waals surface area contributed by atoms with Crippen molar-refractivity contribution in [3.05, 3.63) is 58.0 Å². The van der Waals surface area contributed by atoms with E-state index in [1.165, 1.54) is 24.3 Å². The third-order valence-electron chi connectivity index (χ3n) is 2.03. The van der Waals surface area contributed by atoms with E-state index in [2.05, 4.69) is 10.5 Å². The second-order valence-electron chi connectivity index (χ2n) is 3.26. The molecule has 0 aliphatic rings. The van der Waals surface area contributed by atoms with Crippen molar-refractivity contribution in [1.82, 2.24) is 5.43 Å². The Balaban J connectivity index is 1.96. The standard InChI is InChI=1S/C12H9FN2OS/c13-11-3-1-10(2-4-11)12(16)15-14-7-9-5-6-17-8-9/h1-8H,(H,15,16)/b14-7-. The third-order valence-corrected chi connectivity index (χ3v) is 2.73. The number of carbonyl (C=O) groups is 1. The molecule has 0 aliphatic heterocycles. The van der Waals surface area contributed by atoms with Crippen LogP contribution >= 0.6 is 11.3 Å². The van der Waals surface area contributed by atoms with Gasteiger partial charge in [-0.1, -0.05) is 0 Å². The number of nitrogens with zero attached hydrogens (tertiary/aromatic N) is 1. The van der Waals surface area contributed by atoms with Gasteiger partial charge in [0.1, 0.15) is 5.82 Å². The van der Waals surface area contributed by atoms with Crippen molar-refractivity contribution in [2.24, 2.45) is 5.10 Å². The normalized spacial score (nSPS) is 10.6. The third kappa shape index (κ3) is 3.22. The number of carbonyl (C=O) groups excluding carboxylic acids is 1. The van der Waals surface area contributed by atoms with Gasteiger partial charge in [-0.2, -0.15) is 16.4 Å². The highest BCUT2D eigenvalue weighted by atomic mass is 32.1. The van der Waals surface area contributed by atoms with E-state index in [9.17, 15) is 9.18 Å². The molecule has 1 N–H and O–H groups in total. The number of hydrogen-bond acceptors (Lipinski definition) is 3. The van der Waals surface area contributed by atoms with Crippen LogP contribution in [0.3, 0.4) is 0 Å². The predicted molar refractivity (Wildman–Crippen MR) is 65.8 cm³/mol. The van der Waals surface area contributed by atoms with Crippen molar-refractivity contribution in [3.8, 4) is 0 Å². The Morgan fingerprint density at radius 2 is 2.06 bits per heavy atom. The Kier molecular flexibility index (Phi) is 3.62. The van der Waals surface area contributed by atoms with Gasteiger partial charge in [0.2, 0.25) is 0 Å². The van der Waals surface area contributed by atoms with E-state index in [-0.39, 0.29) is 11.7 Å². The van der Waals surface area contributed by atoms with Crippen LogP contribution in [0, 0.1) is 5.82 Å². The van der Waals surface area contributed by atoms with Gasteiger partial charge in [0, 0.05) is 11.1 Å². The maximum Gasteiger partial charge on any atom is 0.271 e. The first-order valence-corrected chi connectivity index (χ1v) is 5.81. The molecule has 2 rings (SSSR count). The van der Waals surface area contributed by atoms with Crippen LogP contribution in [0.2, 0.25) is 0 Å². The van der Waals surface area contributed by atoms with Crippen LogP contribution in [0.25, 0.3) is 0 Å². The topological polar surface area (TPSA) is 41.5 Å². The van der Waals surface area contributed by atoms with Crippen LogP contribution in [-0.2, 0) is 0 Å². The lowest BCUT2D eigenvalue weighted by molar-refractivity contribution is 0.0955. The van der Waals surface area contributed by atoms with Crippen LogP contribution in [0.1, 0.15) is 15.9 Å². The fourth-order valence-corrected chi connectivity index (χ4v) is 1.79. The molecule has 1 heterocycles. The molecule has 1 aromatic carbocycles. The summed E-state index contributed by atoms with van der Waals surface area (Å²) in [6.45, 7) is 0. The predicted octanol–water partition coefficient (Wildman–Crippen LogP) is 2.65. The quantitative estimate of drug-likeness (QED) is 0.658. The number of benzene rings is 1. The average Bonchev–Trinajstić information content (AvgIpc) is 2.83. The lowest BCUT2D eigenvalue weighted by Gasteiger charge is -1.98. The Morgan fingerprint density at radius 1 is 1.29 bits per heavy atom. The summed E-state index contributed by atoms with van der Waals surface area (Å²) in [7, 11) is 0. The molecular weight excluding hydrogens is 239 g/mol. The molecule has 0 fully saturated rings. The summed E-state index contributed by atoms with van der Waals surface area (Å²) in [6, 6.07) is 7.17. The highest BCUT2D eigenvalue weighted by Crippen LogP contribution is 2.03. The minimum absolute atomic E-state index is 0.364. The molecule has 0 saturated carbocycles. The fourth-order valence-electron chi connectivity index (χ4n) is 1.18. The van der Waals surface area contributed by atoms with Gasteiger partial charge in [-0.15, -0.1) is 0 Å². The zero-order valence-electron chi connectivity index (χ0n) is 8.76. The van der Waals surface area contributed by atoms with E-state index in [0.29, 0.717) is 5.56 Å². The summed E-state index contributed by atoms with van der Waals surface area (Å²) in [5, 5.41) is 7.63. The van der Waals surface area contributed by atoms with E-state index >= 15 is 0 Å². The van der Waals surface area contributed by atoms with E-state index in [4.69, 9.17) is 0 Å². The van der Waals surface area contributed by atoms with Gasteiger partial charge >= 0.3 is 0 Å². The number of rotatable bonds is 3. The zero-order chi connectivity index (χ0) is 12.1. The van der Waals surface area contributed by atoms with E-state index < -0.39 is 0 Å². The van der Waals surface area contributed by atoms with Gasteiger partial charge in [0.25, 0.3) is 5.91 Å². The second-order valence-corrected chi connectivity index (χ2v) is 4.04. The Morgan fingerprint density at radius 3 is 2.71 bits per heavy atom. The summed E-state index contributed by atoms with van der Waals surface area (Å²) in [4.78, 5) is 11.5. The monoisotopic (exact) mass is 248 g/mol. The average molecular weight is 248 g/mol. The second kappa shape index (κ2) is 5.36. The zero-order valence-corrected chi connectivity index (χ0v) is 9.58. The summed E-state index contributed by atoms with van der Waals surface area (Å²) in [5.74, 6) is -0.736. The molecule has 5 heteroatoms. The van der Waals surface area contributed by atoms with Crippen LogP contribution in [0.5, 0.6) is 0 Å². The van der Waals surface area contributed by atoms with Crippen molar-refractivity contribution in [2.75, 3.05) is 0 Å². The maximum absolute atomic E-state index is 12.6. The molecular formula is C12H9FN2OS. The molecule has 0 aliphatic carbocycles. The highest BCUT2D eigenvalue weighted by Gasteiger charge is 2.03. The number of nitrogens with one attached hydrogen (secondary N) is 1. The largest absolute Gasteiger partial charge is 0.271 e. The molecule has 0 radical (unpaired) electrons. The molecule has 1 aromatic heterocycles. The molecule has 0 atom stereocenters. The molecule has 0 bridgehead atoms. The van der Waals surface area contributed by atoms with Gasteiger partial charge < -0.3 is 0 Å².